The van der Waals surface area contributed by atoms with E-state index in [1.54, 1.807) is 0 Å². The summed E-state index contributed by atoms with van der Waals surface area (Å²) in [5.74, 6) is 1.66. The number of rotatable bonds is 5. The van der Waals surface area contributed by atoms with Gasteiger partial charge in [0.1, 0.15) is 18.1 Å². The molecule has 1 aliphatic heterocycles. The fraction of sp³-hybridized carbons (Fsp3) is 0.250. The van der Waals surface area contributed by atoms with Gasteiger partial charge in [0, 0.05) is 6.42 Å². The Labute approximate surface area is 112 Å². The Balaban J connectivity index is 1.53. The summed E-state index contributed by atoms with van der Waals surface area (Å²) < 4.78 is 16.5. The van der Waals surface area contributed by atoms with Crippen LogP contribution in [0.15, 0.2) is 54.6 Å². The molecular weight excluding hydrogens is 240 g/mol. The second-order valence-electron chi connectivity index (χ2n) is 4.45. The summed E-state index contributed by atoms with van der Waals surface area (Å²) >= 11 is 0. The van der Waals surface area contributed by atoms with E-state index in [-0.39, 0.29) is 6.29 Å². The van der Waals surface area contributed by atoms with Crippen molar-refractivity contribution in [2.24, 2.45) is 0 Å². The van der Waals surface area contributed by atoms with Gasteiger partial charge in [-0.15, -0.1) is 0 Å². The Morgan fingerprint density at radius 1 is 0.947 bits per heavy atom. The molecule has 1 heterocycles. The molecular formula is C16H16O3. The molecule has 3 nitrogen and oxygen atoms in total. The number of benzene rings is 2. The molecule has 0 aromatic heterocycles. The number of hydrogen-bond acceptors (Lipinski definition) is 3. The van der Waals surface area contributed by atoms with E-state index in [2.05, 4.69) is 0 Å². The van der Waals surface area contributed by atoms with Crippen LogP contribution in [0, 0.1) is 0 Å². The van der Waals surface area contributed by atoms with E-state index in [1.807, 2.05) is 54.6 Å². The van der Waals surface area contributed by atoms with E-state index in [0.29, 0.717) is 6.61 Å². The minimum Gasteiger partial charge on any atom is -0.489 e. The van der Waals surface area contributed by atoms with E-state index in [0.717, 1.165) is 30.1 Å². The smallest absolute Gasteiger partial charge is 0.202 e. The van der Waals surface area contributed by atoms with Gasteiger partial charge in [0.15, 0.2) is 0 Å². The molecule has 1 fully saturated rings. The third kappa shape index (κ3) is 3.26. The first kappa shape index (κ1) is 12.1. The molecule has 0 N–H and O–H groups in total. The molecule has 19 heavy (non-hydrogen) atoms. The van der Waals surface area contributed by atoms with E-state index < -0.39 is 0 Å². The standard InChI is InChI=1S/C16H16O3/c1-2-4-13(5-3-1)12-18-14-6-8-15(9-7-14)19-16-10-11-17-16/h1-9,16H,10-12H2. The van der Waals surface area contributed by atoms with Crippen molar-refractivity contribution in [3.63, 3.8) is 0 Å². The average Bonchev–Trinajstić information content (AvgIpc) is 2.43. The minimum atomic E-state index is -0.0731. The van der Waals surface area contributed by atoms with Crippen molar-refractivity contribution in [1.82, 2.24) is 0 Å². The zero-order chi connectivity index (χ0) is 12.9. The molecule has 1 saturated heterocycles. The van der Waals surface area contributed by atoms with Crippen molar-refractivity contribution in [3.05, 3.63) is 60.2 Å². The molecule has 1 aliphatic rings. The third-order valence-electron chi connectivity index (χ3n) is 3.00. The molecule has 98 valence electrons. The van der Waals surface area contributed by atoms with Crippen LogP contribution in [-0.4, -0.2) is 12.9 Å². The molecule has 1 atom stereocenters. The topological polar surface area (TPSA) is 27.7 Å². The summed E-state index contributed by atoms with van der Waals surface area (Å²) in [4.78, 5) is 0. The van der Waals surface area contributed by atoms with Gasteiger partial charge in [-0.1, -0.05) is 30.3 Å². The van der Waals surface area contributed by atoms with E-state index in [9.17, 15) is 0 Å². The van der Waals surface area contributed by atoms with Gasteiger partial charge in [-0.05, 0) is 29.8 Å². The van der Waals surface area contributed by atoms with Crippen LogP contribution >= 0.6 is 0 Å². The highest BCUT2D eigenvalue weighted by Gasteiger charge is 2.19. The normalized spacial score (nSPS) is 17.6. The Bertz CT molecular complexity index is 503. The zero-order valence-corrected chi connectivity index (χ0v) is 10.6. The summed E-state index contributed by atoms with van der Waals surface area (Å²) in [5, 5.41) is 0. The third-order valence-corrected chi connectivity index (χ3v) is 3.00. The van der Waals surface area contributed by atoms with Gasteiger partial charge in [-0.25, -0.2) is 0 Å². The summed E-state index contributed by atoms with van der Waals surface area (Å²) in [6.07, 6.45) is 0.891. The molecule has 0 spiro atoms. The summed E-state index contributed by atoms with van der Waals surface area (Å²) in [6.45, 7) is 1.37. The highest BCUT2D eigenvalue weighted by atomic mass is 16.7. The summed E-state index contributed by atoms with van der Waals surface area (Å²) in [6, 6.07) is 17.7. The van der Waals surface area contributed by atoms with Crippen LogP contribution in [-0.2, 0) is 11.3 Å². The van der Waals surface area contributed by atoms with Gasteiger partial charge >= 0.3 is 0 Å². The van der Waals surface area contributed by atoms with E-state index in [1.165, 1.54) is 0 Å². The average molecular weight is 256 g/mol. The first-order valence-corrected chi connectivity index (χ1v) is 6.45. The number of ether oxygens (including phenoxy) is 3. The molecule has 3 heteroatoms. The maximum Gasteiger partial charge on any atom is 0.202 e. The molecule has 0 radical (unpaired) electrons. The van der Waals surface area contributed by atoms with Gasteiger partial charge in [-0.3, -0.25) is 0 Å². The second-order valence-corrected chi connectivity index (χ2v) is 4.45. The largest absolute Gasteiger partial charge is 0.489 e. The van der Waals surface area contributed by atoms with Crippen LogP contribution in [0.25, 0.3) is 0 Å². The molecule has 0 bridgehead atoms. The number of hydrogen-bond donors (Lipinski definition) is 0. The van der Waals surface area contributed by atoms with Crippen molar-refractivity contribution in [2.75, 3.05) is 6.61 Å². The van der Waals surface area contributed by atoms with Crippen LogP contribution in [0.3, 0.4) is 0 Å². The zero-order valence-electron chi connectivity index (χ0n) is 10.6. The lowest BCUT2D eigenvalue weighted by atomic mass is 10.2. The van der Waals surface area contributed by atoms with Gasteiger partial charge in [0.2, 0.25) is 6.29 Å². The molecule has 2 aromatic carbocycles. The molecule has 0 amide bonds. The quantitative estimate of drug-likeness (QED) is 0.820. The molecule has 3 rings (SSSR count). The van der Waals surface area contributed by atoms with Gasteiger partial charge < -0.3 is 14.2 Å². The highest BCUT2D eigenvalue weighted by molar-refractivity contribution is 5.31. The maximum absolute atomic E-state index is 5.71. The van der Waals surface area contributed by atoms with Crippen molar-refractivity contribution in [1.29, 1.82) is 0 Å². The second kappa shape index (κ2) is 5.76. The van der Waals surface area contributed by atoms with Gasteiger partial charge in [0.05, 0.1) is 6.61 Å². The highest BCUT2D eigenvalue weighted by Crippen LogP contribution is 2.22. The van der Waals surface area contributed by atoms with E-state index in [4.69, 9.17) is 14.2 Å². The Morgan fingerprint density at radius 3 is 2.26 bits per heavy atom. The van der Waals surface area contributed by atoms with Crippen LogP contribution in [0.1, 0.15) is 12.0 Å². The lowest BCUT2D eigenvalue weighted by molar-refractivity contribution is -0.165. The van der Waals surface area contributed by atoms with Crippen LogP contribution < -0.4 is 9.47 Å². The molecule has 0 aliphatic carbocycles. The van der Waals surface area contributed by atoms with Crippen molar-refractivity contribution >= 4 is 0 Å². The van der Waals surface area contributed by atoms with Crippen molar-refractivity contribution in [2.45, 2.75) is 19.3 Å². The van der Waals surface area contributed by atoms with Gasteiger partial charge in [0.25, 0.3) is 0 Å². The van der Waals surface area contributed by atoms with E-state index >= 15 is 0 Å². The molecule has 0 saturated carbocycles. The minimum absolute atomic E-state index is 0.0731. The first-order valence-electron chi connectivity index (χ1n) is 6.45. The van der Waals surface area contributed by atoms with Crippen LogP contribution in [0.5, 0.6) is 11.5 Å². The summed E-state index contributed by atoms with van der Waals surface area (Å²) in [5.41, 5.74) is 1.16. The maximum atomic E-state index is 5.71. The predicted molar refractivity (Wildman–Crippen MR) is 72.2 cm³/mol. The van der Waals surface area contributed by atoms with Gasteiger partial charge in [-0.2, -0.15) is 0 Å². The van der Waals surface area contributed by atoms with Crippen LogP contribution in [0.2, 0.25) is 0 Å². The molecule has 1 unspecified atom stereocenters. The molecule has 2 aromatic rings. The predicted octanol–water partition coefficient (Wildman–Crippen LogP) is 3.39. The van der Waals surface area contributed by atoms with Crippen LogP contribution in [0.4, 0.5) is 0 Å². The monoisotopic (exact) mass is 256 g/mol. The SMILES string of the molecule is c1ccc(COc2ccc(OC3CCO3)cc2)cc1. The summed E-state index contributed by atoms with van der Waals surface area (Å²) in [7, 11) is 0. The van der Waals surface area contributed by atoms with Crippen molar-refractivity contribution < 1.29 is 14.2 Å². The fourth-order valence-corrected chi connectivity index (χ4v) is 1.81. The lowest BCUT2D eigenvalue weighted by Gasteiger charge is -2.26. The fourth-order valence-electron chi connectivity index (χ4n) is 1.81. The first-order chi connectivity index (χ1) is 9.40. The Kier molecular flexibility index (Phi) is 3.65. The Hall–Kier alpha value is -2.00. The lowest BCUT2D eigenvalue weighted by Crippen LogP contribution is -2.32. The Morgan fingerprint density at radius 2 is 1.63 bits per heavy atom. The van der Waals surface area contributed by atoms with Crippen molar-refractivity contribution in [3.8, 4) is 11.5 Å².